The Kier molecular flexibility index (Phi) is 6.06. The maximum absolute atomic E-state index is 12.2. The van der Waals surface area contributed by atoms with Crippen LogP contribution in [-0.4, -0.2) is 40.0 Å². The molecule has 7 nitrogen and oxygen atoms in total. The van der Waals surface area contributed by atoms with Gasteiger partial charge >= 0.3 is 6.03 Å². The van der Waals surface area contributed by atoms with E-state index in [0.29, 0.717) is 5.69 Å². The molecule has 0 saturated carbocycles. The molecule has 7 heteroatoms. The van der Waals surface area contributed by atoms with Crippen LogP contribution in [0.5, 0.6) is 0 Å². The van der Waals surface area contributed by atoms with Gasteiger partial charge in [0.05, 0.1) is 17.9 Å². The molecule has 1 heterocycles. The lowest BCUT2D eigenvalue weighted by Crippen LogP contribution is -2.19. The highest BCUT2D eigenvalue weighted by Gasteiger charge is 2.16. The van der Waals surface area contributed by atoms with Crippen LogP contribution in [0, 0.1) is 6.92 Å². The van der Waals surface area contributed by atoms with E-state index in [2.05, 4.69) is 32.8 Å². The Hall–Kier alpha value is -3.19. The van der Waals surface area contributed by atoms with Crippen LogP contribution in [0.4, 0.5) is 16.2 Å². The van der Waals surface area contributed by atoms with Gasteiger partial charge < -0.3 is 15.5 Å². The summed E-state index contributed by atoms with van der Waals surface area (Å²) in [6.07, 6.45) is 2.91. The van der Waals surface area contributed by atoms with E-state index in [4.69, 9.17) is 0 Å². The third kappa shape index (κ3) is 4.55. The molecule has 0 saturated heterocycles. The van der Waals surface area contributed by atoms with Crippen molar-refractivity contribution < 1.29 is 4.79 Å². The van der Waals surface area contributed by atoms with Crippen LogP contribution >= 0.6 is 0 Å². The summed E-state index contributed by atoms with van der Waals surface area (Å²) in [6.45, 7) is 4.09. The van der Waals surface area contributed by atoms with Gasteiger partial charge in [0, 0.05) is 11.4 Å². The molecule has 0 bridgehead atoms. The number of amides is 2. The number of para-hydroxylation sites is 1. The number of carbonyl (C=O) groups is 1. The quantitative estimate of drug-likeness (QED) is 0.673. The van der Waals surface area contributed by atoms with Crippen molar-refractivity contribution in [3.63, 3.8) is 0 Å². The van der Waals surface area contributed by atoms with Crippen molar-refractivity contribution >= 4 is 17.4 Å². The van der Waals surface area contributed by atoms with Crippen molar-refractivity contribution in [2.75, 3.05) is 24.7 Å². The standard InChI is InChI=1S/C21H26N6O/c1-5-20(26(3)4)19-14-27(25-24-19)17-12-10-16(11-13-17)22-21(28)23-18-9-7-6-8-15(18)2/h6-14,20H,5H2,1-4H3,(H2,22,23,28). The number of nitrogens with zero attached hydrogens (tertiary/aromatic N) is 4. The van der Waals surface area contributed by atoms with E-state index in [1.54, 1.807) is 4.68 Å². The topological polar surface area (TPSA) is 75.1 Å². The number of aromatic nitrogens is 3. The van der Waals surface area contributed by atoms with E-state index in [1.807, 2.05) is 75.7 Å². The van der Waals surface area contributed by atoms with Crippen molar-refractivity contribution in [2.45, 2.75) is 26.3 Å². The minimum absolute atomic E-state index is 0.236. The van der Waals surface area contributed by atoms with Gasteiger partial charge in [-0.15, -0.1) is 5.10 Å². The third-order valence-corrected chi connectivity index (χ3v) is 4.65. The van der Waals surface area contributed by atoms with Gasteiger partial charge in [0.15, 0.2) is 0 Å². The fraction of sp³-hybridized carbons (Fsp3) is 0.286. The van der Waals surface area contributed by atoms with E-state index >= 15 is 0 Å². The molecule has 1 unspecified atom stereocenters. The van der Waals surface area contributed by atoms with E-state index in [9.17, 15) is 4.79 Å². The smallest absolute Gasteiger partial charge is 0.308 e. The zero-order chi connectivity index (χ0) is 20.1. The van der Waals surface area contributed by atoms with Crippen molar-refractivity contribution in [3.05, 3.63) is 66.0 Å². The van der Waals surface area contributed by atoms with Crippen LogP contribution in [0.1, 0.15) is 30.6 Å². The first-order valence-electron chi connectivity index (χ1n) is 9.30. The number of anilines is 2. The Morgan fingerprint density at radius 2 is 1.82 bits per heavy atom. The summed E-state index contributed by atoms with van der Waals surface area (Å²) >= 11 is 0. The second-order valence-corrected chi connectivity index (χ2v) is 6.92. The van der Waals surface area contributed by atoms with Crippen LogP contribution in [0.25, 0.3) is 5.69 Å². The molecule has 1 aromatic heterocycles. The van der Waals surface area contributed by atoms with Gasteiger partial charge in [0.2, 0.25) is 0 Å². The van der Waals surface area contributed by atoms with Gasteiger partial charge in [-0.3, -0.25) is 0 Å². The Morgan fingerprint density at radius 3 is 2.46 bits per heavy atom. The van der Waals surface area contributed by atoms with Crippen LogP contribution in [0.15, 0.2) is 54.7 Å². The number of urea groups is 1. The maximum atomic E-state index is 12.2. The normalized spacial score (nSPS) is 12.0. The molecule has 0 aliphatic rings. The molecule has 0 spiro atoms. The predicted molar refractivity (Wildman–Crippen MR) is 112 cm³/mol. The second-order valence-electron chi connectivity index (χ2n) is 6.92. The highest BCUT2D eigenvalue weighted by atomic mass is 16.2. The van der Waals surface area contributed by atoms with Crippen LogP contribution in [-0.2, 0) is 0 Å². The molecule has 2 N–H and O–H groups in total. The predicted octanol–water partition coefficient (Wildman–Crippen LogP) is 4.23. The summed E-state index contributed by atoms with van der Waals surface area (Å²) in [5.74, 6) is 0. The number of hydrogen-bond acceptors (Lipinski definition) is 4. The average molecular weight is 378 g/mol. The van der Waals surface area contributed by atoms with Crippen LogP contribution < -0.4 is 10.6 Å². The molecule has 2 amide bonds. The van der Waals surface area contributed by atoms with E-state index in [0.717, 1.165) is 29.1 Å². The van der Waals surface area contributed by atoms with Crippen molar-refractivity contribution in [1.29, 1.82) is 0 Å². The molecule has 0 aliphatic heterocycles. The fourth-order valence-electron chi connectivity index (χ4n) is 3.09. The zero-order valence-electron chi connectivity index (χ0n) is 16.7. The largest absolute Gasteiger partial charge is 0.323 e. The Morgan fingerprint density at radius 1 is 1.11 bits per heavy atom. The molecule has 2 aromatic carbocycles. The minimum Gasteiger partial charge on any atom is -0.308 e. The first-order chi connectivity index (χ1) is 13.5. The van der Waals surface area contributed by atoms with Gasteiger partial charge in [0.1, 0.15) is 5.69 Å². The average Bonchev–Trinajstić information content (AvgIpc) is 3.14. The van der Waals surface area contributed by atoms with Gasteiger partial charge in [-0.2, -0.15) is 0 Å². The van der Waals surface area contributed by atoms with Crippen molar-refractivity contribution in [1.82, 2.24) is 19.9 Å². The maximum Gasteiger partial charge on any atom is 0.323 e. The number of rotatable bonds is 6. The summed E-state index contributed by atoms with van der Waals surface area (Å²) in [5.41, 5.74) is 4.33. The molecular formula is C21H26N6O. The molecule has 3 aromatic rings. The number of carbonyl (C=O) groups excluding carboxylic acids is 1. The number of hydrogen-bond donors (Lipinski definition) is 2. The molecular weight excluding hydrogens is 352 g/mol. The summed E-state index contributed by atoms with van der Waals surface area (Å²) in [4.78, 5) is 14.3. The van der Waals surface area contributed by atoms with E-state index in [-0.39, 0.29) is 12.1 Å². The Balaban J connectivity index is 1.66. The Bertz CT molecular complexity index is 932. The lowest BCUT2D eigenvalue weighted by atomic mass is 10.1. The first-order valence-corrected chi connectivity index (χ1v) is 9.30. The molecule has 0 radical (unpaired) electrons. The Labute approximate surface area is 165 Å². The highest BCUT2D eigenvalue weighted by molar-refractivity contribution is 6.00. The second kappa shape index (κ2) is 8.67. The number of nitrogens with one attached hydrogen (secondary N) is 2. The number of aryl methyl sites for hydroxylation is 1. The zero-order valence-corrected chi connectivity index (χ0v) is 16.7. The van der Waals surface area contributed by atoms with Gasteiger partial charge in [-0.1, -0.05) is 30.3 Å². The van der Waals surface area contributed by atoms with E-state index < -0.39 is 0 Å². The van der Waals surface area contributed by atoms with Crippen LogP contribution in [0.2, 0.25) is 0 Å². The third-order valence-electron chi connectivity index (χ3n) is 4.65. The van der Waals surface area contributed by atoms with Gasteiger partial charge in [0.25, 0.3) is 0 Å². The van der Waals surface area contributed by atoms with Crippen LogP contribution in [0.3, 0.4) is 0 Å². The van der Waals surface area contributed by atoms with E-state index in [1.165, 1.54) is 0 Å². The monoisotopic (exact) mass is 378 g/mol. The molecule has 0 aliphatic carbocycles. The molecule has 0 fully saturated rings. The summed E-state index contributed by atoms with van der Waals surface area (Å²) < 4.78 is 1.75. The van der Waals surface area contributed by atoms with Crippen molar-refractivity contribution in [3.8, 4) is 5.69 Å². The SMILES string of the molecule is CCC(c1cn(-c2ccc(NC(=O)Nc3ccccc3C)cc2)nn1)N(C)C. The van der Waals surface area contributed by atoms with Gasteiger partial charge in [-0.25, -0.2) is 9.48 Å². The summed E-state index contributed by atoms with van der Waals surface area (Å²) in [6, 6.07) is 15.1. The molecule has 146 valence electrons. The minimum atomic E-state index is -0.276. The number of benzene rings is 2. The van der Waals surface area contributed by atoms with Crippen molar-refractivity contribution in [2.24, 2.45) is 0 Å². The summed E-state index contributed by atoms with van der Waals surface area (Å²) in [7, 11) is 4.07. The lowest BCUT2D eigenvalue weighted by molar-refractivity contribution is 0.262. The lowest BCUT2D eigenvalue weighted by Gasteiger charge is -2.19. The summed E-state index contributed by atoms with van der Waals surface area (Å²) in [5, 5.41) is 14.2. The first kappa shape index (κ1) is 19.6. The molecule has 3 rings (SSSR count). The molecule has 28 heavy (non-hydrogen) atoms. The molecule has 1 atom stereocenters. The van der Waals surface area contributed by atoms with Gasteiger partial charge in [-0.05, 0) is 63.3 Å². The highest BCUT2D eigenvalue weighted by Crippen LogP contribution is 2.21. The fourth-order valence-corrected chi connectivity index (χ4v) is 3.09.